The van der Waals surface area contributed by atoms with Gasteiger partial charge in [0.05, 0.1) is 0 Å². The molecule has 1 aliphatic heterocycles. The van der Waals surface area contributed by atoms with Crippen LogP contribution in [-0.2, 0) is 4.79 Å². The molecule has 0 saturated carbocycles. The Morgan fingerprint density at radius 3 is 2.39 bits per heavy atom. The number of aliphatic hydroxyl groups is 1. The molecule has 1 heterocycles. The van der Waals surface area contributed by atoms with Crippen molar-refractivity contribution in [3.05, 3.63) is 0 Å². The summed E-state index contributed by atoms with van der Waals surface area (Å²) in [6.45, 7) is 8.21. The average Bonchev–Trinajstić information content (AvgIpc) is 2.26. The molecule has 1 unspecified atom stereocenters. The van der Waals surface area contributed by atoms with Crippen molar-refractivity contribution in [2.75, 3.05) is 19.7 Å². The fourth-order valence-electron chi connectivity index (χ4n) is 2.58. The van der Waals surface area contributed by atoms with E-state index in [-0.39, 0.29) is 24.0 Å². The monoisotopic (exact) mass is 256 g/mol. The lowest BCUT2D eigenvalue weighted by Gasteiger charge is -2.32. The second kappa shape index (κ2) is 6.53. The van der Waals surface area contributed by atoms with Crippen LogP contribution in [0, 0.1) is 11.3 Å². The van der Waals surface area contributed by atoms with E-state index < -0.39 is 0 Å². The number of aliphatic hydroxyl groups excluding tert-OH is 1. The predicted octanol–water partition coefficient (Wildman–Crippen LogP) is 1.37. The zero-order chi connectivity index (χ0) is 13.8. The van der Waals surface area contributed by atoms with E-state index in [2.05, 4.69) is 20.8 Å². The number of hydrogen-bond acceptors (Lipinski definition) is 3. The second-order valence-corrected chi connectivity index (χ2v) is 6.74. The van der Waals surface area contributed by atoms with Crippen molar-refractivity contribution in [1.29, 1.82) is 0 Å². The summed E-state index contributed by atoms with van der Waals surface area (Å²) in [7, 11) is 0. The van der Waals surface area contributed by atoms with E-state index in [0.29, 0.717) is 12.3 Å². The van der Waals surface area contributed by atoms with Gasteiger partial charge in [0.25, 0.3) is 0 Å². The van der Waals surface area contributed by atoms with Gasteiger partial charge in [-0.05, 0) is 30.6 Å². The Morgan fingerprint density at radius 2 is 1.94 bits per heavy atom. The van der Waals surface area contributed by atoms with Gasteiger partial charge in [-0.3, -0.25) is 4.79 Å². The van der Waals surface area contributed by atoms with Crippen LogP contribution in [-0.4, -0.2) is 41.7 Å². The first kappa shape index (κ1) is 15.4. The highest BCUT2D eigenvalue weighted by Gasteiger charge is 2.24. The Kier molecular flexibility index (Phi) is 5.60. The average molecular weight is 256 g/mol. The van der Waals surface area contributed by atoms with E-state index >= 15 is 0 Å². The molecule has 0 aromatic carbocycles. The lowest BCUT2D eigenvalue weighted by molar-refractivity contribution is -0.133. The van der Waals surface area contributed by atoms with E-state index in [1.807, 2.05) is 4.90 Å². The van der Waals surface area contributed by atoms with Crippen molar-refractivity contribution in [3.63, 3.8) is 0 Å². The summed E-state index contributed by atoms with van der Waals surface area (Å²) < 4.78 is 0. The van der Waals surface area contributed by atoms with E-state index in [0.717, 1.165) is 32.4 Å². The van der Waals surface area contributed by atoms with Gasteiger partial charge in [0.15, 0.2) is 0 Å². The Balaban J connectivity index is 2.33. The van der Waals surface area contributed by atoms with Gasteiger partial charge in [-0.1, -0.05) is 20.8 Å². The number of rotatable bonds is 4. The number of likely N-dealkylation sites (tertiary alicyclic amines) is 1. The third kappa shape index (κ3) is 5.36. The predicted molar refractivity (Wildman–Crippen MR) is 73.1 cm³/mol. The number of hydrogen-bond donors (Lipinski definition) is 2. The third-order valence-electron chi connectivity index (χ3n) is 3.54. The molecule has 0 aromatic rings. The largest absolute Gasteiger partial charge is 0.396 e. The van der Waals surface area contributed by atoms with Crippen LogP contribution in [0.3, 0.4) is 0 Å². The second-order valence-electron chi connectivity index (χ2n) is 6.74. The van der Waals surface area contributed by atoms with Crippen LogP contribution in [0.2, 0.25) is 0 Å². The maximum absolute atomic E-state index is 12.1. The first-order valence-corrected chi connectivity index (χ1v) is 6.96. The van der Waals surface area contributed by atoms with Gasteiger partial charge in [0.2, 0.25) is 5.91 Å². The summed E-state index contributed by atoms with van der Waals surface area (Å²) >= 11 is 0. The standard InChI is InChI=1S/C14H28N2O2/c1-14(2,3)9-12(15)8-13(18)16-6-4-11(10-17)5-7-16/h11-12,17H,4-10,15H2,1-3H3. The number of amides is 1. The Morgan fingerprint density at radius 1 is 1.39 bits per heavy atom. The molecule has 1 saturated heterocycles. The molecule has 3 N–H and O–H groups in total. The number of carbonyl (C=O) groups excluding carboxylic acids is 1. The smallest absolute Gasteiger partial charge is 0.224 e. The maximum Gasteiger partial charge on any atom is 0.224 e. The molecule has 1 amide bonds. The normalized spacial score (nSPS) is 19.9. The molecule has 1 fully saturated rings. The molecule has 106 valence electrons. The maximum atomic E-state index is 12.1. The van der Waals surface area contributed by atoms with Crippen LogP contribution in [0.15, 0.2) is 0 Å². The summed E-state index contributed by atoms with van der Waals surface area (Å²) in [6, 6.07) is -0.0481. The van der Waals surface area contributed by atoms with E-state index in [1.54, 1.807) is 0 Å². The Labute approximate surface area is 111 Å². The van der Waals surface area contributed by atoms with E-state index in [4.69, 9.17) is 10.8 Å². The molecular weight excluding hydrogens is 228 g/mol. The molecule has 0 aromatic heterocycles. The summed E-state index contributed by atoms with van der Waals surface area (Å²) in [5.74, 6) is 0.542. The lowest BCUT2D eigenvalue weighted by atomic mass is 9.87. The highest BCUT2D eigenvalue weighted by atomic mass is 16.3. The summed E-state index contributed by atoms with van der Waals surface area (Å²) in [4.78, 5) is 14.0. The SMILES string of the molecule is CC(C)(C)CC(N)CC(=O)N1CCC(CO)CC1. The first-order chi connectivity index (χ1) is 8.31. The molecule has 0 aliphatic carbocycles. The highest BCUT2D eigenvalue weighted by Crippen LogP contribution is 2.22. The Bertz CT molecular complexity index is 265. The van der Waals surface area contributed by atoms with Crippen molar-refractivity contribution in [1.82, 2.24) is 4.90 Å². The molecule has 18 heavy (non-hydrogen) atoms. The summed E-state index contributed by atoms with van der Waals surface area (Å²) in [5.41, 5.74) is 6.20. The number of carbonyl (C=O) groups is 1. The van der Waals surface area contributed by atoms with Gasteiger partial charge in [-0.15, -0.1) is 0 Å². The molecule has 1 aliphatic rings. The van der Waals surface area contributed by atoms with Gasteiger partial charge >= 0.3 is 0 Å². The minimum atomic E-state index is -0.0481. The van der Waals surface area contributed by atoms with Gasteiger partial charge in [0.1, 0.15) is 0 Å². The topological polar surface area (TPSA) is 66.6 Å². The van der Waals surface area contributed by atoms with Crippen LogP contribution in [0.1, 0.15) is 46.5 Å². The van der Waals surface area contributed by atoms with E-state index in [9.17, 15) is 4.79 Å². The van der Waals surface area contributed by atoms with Gasteiger partial charge in [-0.25, -0.2) is 0 Å². The van der Waals surface area contributed by atoms with Crippen LogP contribution >= 0.6 is 0 Å². The van der Waals surface area contributed by atoms with Crippen molar-refractivity contribution >= 4 is 5.91 Å². The van der Waals surface area contributed by atoms with Crippen molar-refractivity contribution in [2.45, 2.75) is 52.5 Å². The minimum absolute atomic E-state index is 0.0481. The summed E-state index contributed by atoms with van der Waals surface area (Å²) in [6.07, 6.45) is 3.14. The first-order valence-electron chi connectivity index (χ1n) is 6.96. The molecule has 0 bridgehead atoms. The third-order valence-corrected chi connectivity index (χ3v) is 3.54. The molecule has 4 heteroatoms. The Hall–Kier alpha value is -0.610. The van der Waals surface area contributed by atoms with Gasteiger partial charge in [-0.2, -0.15) is 0 Å². The highest BCUT2D eigenvalue weighted by molar-refractivity contribution is 5.76. The molecular formula is C14H28N2O2. The fourth-order valence-corrected chi connectivity index (χ4v) is 2.58. The van der Waals surface area contributed by atoms with Gasteiger partial charge in [0, 0.05) is 32.2 Å². The zero-order valence-electron chi connectivity index (χ0n) is 12.0. The zero-order valence-corrected chi connectivity index (χ0v) is 12.0. The van der Waals surface area contributed by atoms with Crippen LogP contribution < -0.4 is 5.73 Å². The van der Waals surface area contributed by atoms with Crippen molar-refractivity contribution < 1.29 is 9.90 Å². The van der Waals surface area contributed by atoms with Crippen LogP contribution in [0.4, 0.5) is 0 Å². The molecule has 0 radical (unpaired) electrons. The molecule has 0 spiro atoms. The van der Waals surface area contributed by atoms with Crippen molar-refractivity contribution in [3.8, 4) is 0 Å². The van der Waals surface area contributed by atoms with Crippen LogP contribution in [0.25, 0.3) is 0 Å². The minimum Gasteiger partial charge on any atom is -0.396 e. The summed E-state index contributed by atoms with van der Waals surface area (Å²) in [5, 5.41) is 9.07. The number of nitrogens with two attached hydrogens (primary N) is 1. The molecule has 1 rings (SSSR count). The van der Waals surface area contributed by atoms with Crippen LogP contribution in [0.5, 0.6) is 0 Å². The van der Waals surface area contributed by atoms with Gasteiger partial charge < -0.3 is 15.7 Å². The number of nitrogens with zero attached hydrogens (tertiary/aromatic N) is 1. The van der Waals surface area contributed by atoms with Crippen molar-refractivity contribution in [2.24, 2.45) is 17.1 Å². The van der Waals surface area contributed by atoms with E-state index in [1.165, 1.54) is 0 Å². The fraction of sp³-hybridized carbons (Fsp3) is 0.929. The quantitative estimate of drug-likeness (QED) is 0.798. The molecule has 4 nitrogen and oxygen atoms in total. The number of piperidine rings is 1. The molecule has 1 atom stereocenters. The lowest BCUT2D eigenvalue weighted by Crippen LogP contribution is -2.42.